The van der Waals surface area contributed by atoms with E-state index in [0.29, 0.717) is 16.0 Å². The summed E-state index contributed by atoms with van der Waals surface area (Å²) in [5, 5.41) is 9.93. The number of nitrogens with zero attached hydrogens (tertiary/aromatic N) is 1. The van der Waals surface area contributed by atoms with Crippen molar-refractivity contribution < 1.29 is 24.2 Å². The topological polar surface area (TPSA) is 85.7 Å². The molecule has 0 saturated carbocycles. The lowest BCUT2D eigenvalue weighted by molar-refractivity contribution is 0.0600. The number of esters is 1. The van der Waals surface area contributed by atoms with Crippen LogP contribution in [0.15, 0.2) is 40.9 Å². The van der Waals surface area contributed by atoms with Gasteiger partial charge in [-0.2, -0.15) is 0 Å². The summed E-state index contributed by atoms with van der Waals surface area (Å²) in [5.41, 5.74) is 0.735. The zero-order valence-corrected chi connectivity index (χ0v) is 14.5. The molecule has 0 saturated heterocycles. The summed E-state index contributed by atoms with van der Waals surface area (Å²) in [7, 11) is 2.73. The van der Waals surface area contributed by atoms with Crippen molar-refractivity contribution in [2.24, 2.45) is 0 Å². The van der Waals surface area contributed by atoms with Gasteiger partial charge in [-0.3, -0.25) is 4.79 Å². The normalized spacial score (nSPS) is 10.6. The molecule has 2 aromatic rings. The maximum Gasteiger partial charge on any atom is 0.337 e. The summed E-state index contributed by atoms with van der Waals surface area (Å²) in [6, 6.07) is 7.39. The fourth-order valence-corrected chi connectivity index (χ4v) is 2.25. The predicted molar refractivity (Wildman–Crippen MR) is 91.3 cm³/mol. The number of ketones is 1. The summed E-state index contributed by atoms with van der Waals surface area (Å²) in [5.74, 6) is -0.911. The van der Waals surface area contributed by atoms with Gasteiger partial charge in [0.05, 0.1) is 31.0 Å². The second-order valence-electron chi connectivity index (χ2n) is 4.64. The van der Waals surface area contributed by atoms with Crippen molar-refractivity contribution in [3.8, 4) is 11.6 Å². The lowest BCUT2D eigenvalue weighted by Gasteiger charge is -2.04. The maximum atomic E-state index is 12.2. The number of carbonyl (C=O) groups excluding carboxylic acids is 2. The van der Waals surface area contributed by atoms with Crippen LogP contribution in [-0.4, -0.2) is 36.1 Å². The lowest BCUT2D eigenvalue weighted by atomic mass is 10.1. The standard InChI is InChI=1S/C17H14BrNO5/c1-23-16-8-5-12(18)13(19-16)6-7-14(20)11-4-3-10(9-15(11)21)17(22)24-2/h3-9,21H,1-2H3/b7-6+. The number of methoxy groups -OCH3 is 2. The highest BCUT2D eigenvalue weighted by Gasteiger charge is 2.13. The van der Waals surface area contributed by atoms with Crippen molar-refractivity contribution in [3.05, 3.63) is 57.7 Å². The van der Waals surface area contributed by atoms with Crippen molar-refractivity contribution in [3.63, 3.8) is 0 Å². The molecule has 0 fully saturated rings. The Hall–Kier alpha value is -2.67. The molecule has 0 unspecified atom stereocenters. The second-order valence-corrected chi connectivity index (χ2v) is 5.50. The highest BCUT2D eigenvalue weighted by atomic mass is 79.9. The van der Waals surface area contributed by atoms with Gasteiger partial charge in [0.1, 0.15) is 5.75 Å². The average Bonchev–Trinajstić information content (AvgIpc) is 2.59. The van der Waals surface area contributed by atoms with Crippen molar-refractivity contribution in [2.45, 2.75) is 0 Å². The molecule has 7 heteroatoms. The van der Waals surface area contributed by atoms with Crippen molar-refractivity contribution in [2.75, 3.05) is 14.2 Å². The van der Waals surface area contributed by atoms with Crippen LogP contribution in [0.5, 0.6) is 11.6 Å². The molecule has 6 nitrogen and oxygen atoms in total. The third-order valence-electron chi connectivity index (χ3n) is 3.13. The zero-order valence-electron chi connectivity index (χ0n) is 12.9. The van der Waals surface area contributed by atoms with Crippen LogP contribution in [0.2, 0.25) is 0 Å². The number of hydrogen-bond acceptors (Lipinski definition) is 6. The number of aromatic nitrogens is 1. The van der Waals surface area contributed by atoms with Gasteiger partial charge in [-0.1, -0.05) is 0 Å². The second kappa shape index (κ2) is 7.74. The Morgan fingerprint density at radius 1 is 1.21 bits per heavy atom. The molecule has 1 aromatic heterocycles. The molecule has 1 aromatic carbocycles. The van der Waals surface area contributed by atoms with Crippen molar-refractivity contribution in [1.29, 1.82) is 0 Å². The first-order chi connectivity index (χ1) is 11.5. The van der Waals surface area contributed by atoms with Gasteiger partial charge in [0, 0.05) is 10.5 Å². The van der Waals surface area contributed by atoms with E-state index in [4.69, 9.17) is 4.74 Å². The van der Waals surface area contributed by atoms with E-state index in [9.17, 15) is 14.7 Å². The van der Waals surface area contributed by atoms with E-state index in [1.807, 2.05) is 0 Å². The molecule has 1 heterocycles. The fourth-order valence-electron chi connectivity index (χ4n) is 1.90. The molecule has 124 valence electrons. The third-order valence-corrected chi connectivity index (χ3v) is 3.80. The van der Waals surface area contributed by atoms with Gasteiger partial charge in [0.25, 0.3) is 0 Å². The third kappa shape index (κ3) is 3.99. The minimum Gasteiger partial charge on any atom is -0.507 e. The largest absolute Gasteiger partial charge is 0.507 e. The highest BCUT2D eigenvalue weighted by molar-refractivity contribution is 9.10. The first kappa shape index (κ1) is 17.7. The molecule has 24 heavy (non-hydrogen) atoms. The van der Waals surface area contributed by atoms with Crippen LogP contribution in [0, 0.1) is 0 Å². The summed E-state index contributed by atoms with van der Waals surface area (Å²) in [6.45, 7) is 0. The number of halogens is 1. The van der Waals surface area contributed by atoms with E-state index in [0.717, 1.165) is 0 Å². The van der Waals surface area contributed by atoms with E-state index >= 15 is 0 Å². The minimum absolute atomic E-state index is 0.0675. The molecule has 2 rings (SSSR count). The van der Waals surface area contributed by atoms with E-state index in [-0.39, 0.29) is 16.9 Å². The number of hydrogen-bond donors (Lipinski definition) is 1. The summed E-state index contributed by atoms with van der Waals surface area (Å²) in [4.78, 5) is 27.8. The summed E-state index contributed by atoms with van der Waals surface area (Å²) >= 11 is 3.33. The number of pyridine rings is 1. The monoisotopic (exact) mass is 391 g/mol. The predicted octanol–water partition coefficient (Wildman–Crippen LogP) is 3.24. The Bertz CT molecular complexity index is 817. The van der Waals surface area contributed by atoms with Gasteiger partial charge in [-0.05, 0) is 52.3 Å². The SMILES string of the molecule is COC(=O)c1ccc(C(=O)/C=C/c2nc(OC)ccc2Br)c(O)c1. The van der Waals surface area contributed by atoms with Gasteiger partial charge < -0.3 is 14.6 Å². The van der Waals surface area contributed by atoms with Crippen LogP contribution in [0.25, 0.3) is 6.08 Å². The molecular weight excluding hydrogens is 378 g/mol. The molecule has 0 amide bonds. The Balaban J connectivity index is 2.25. The molecule has 0 aliphatic carbocycles. The van der Waals surface area contributed by atoms with Crippen LogP contribution >= 0.6 is 15.9 Å². The van der Waals surface area contributed by atoms with Crippen LogP contribution in [0.3, 0.4) is 0 Å². The van der Waals surface area contributed by atoms with Gasteiger partial charge in [-0.25, -0.2) is 9.78 Å². The van der Waals surface area contributed by atoms with Gasteiger partial charge in [-0.15, -0.1) is 0 Å². The smallest absolute Gasteiger partial charge is 0.337 e. The van der Waals surface area contributed by atoms with E-state index < -0.39 is 11.8 Å². The molecule has 0 aliphatic rings. The number of rotatable bonds is 5. The number of phenols is 1. The minimum atomic E-state index is -0.593. The maximum absolute atomic E-state index is 12.2. The van der Waals surface area contributed by atoms with Crippen LogP contribution in [0.1, 0.15) is 26.4 Å². The number of allylic oxidation sites excluding steroid dienone is 1. The van der Waals surface area contributed by atoms with Crippen LogP contribution < -0.4 is 4.74 Å². The van der Waals surface area contributed by atoms with Crippen molar-refractivity contribution >= 4 is 33.8 Å². The summed E-state index contributed by atoms with van der Waals surface area (Å²) in [6.07, 6.45) is 2.78. The van der Waals surface area contributed by atoms with Crippen molar-refractivity contribution in [1.82, 2.24) is 4.98 Å². The highest BCUT2D eigenvalue weighted by Crippen LogP contribution is 2.22. The van der Waals surface area contributed by atoms with Crippen LogP contribution in [-0.2, 0) is 4.74 Å². The quantitative estimate of drug-likeness (QED) is 0.478. The Kier molecular flexibility index (Phi) is 5.70. The average molecular weight is 392 g/mol. The number of ether oxygens (including phenoxy) is 2. The summed E-state index contributed by atoms with van der Waals surface area (Å²) < 4.78 is 10.3. The van der Waals surface area contributed by atoms with Gasteiger partial charge in [0.2, 0.25) is 5.88 Å². The first-order valence-corrected chi connectivity index (χ1v) is 7.60. The number of benzene rings is 1. The van der Waals surface area contributed by atoms with Crippen LogP contribution in [0.4, 0.5) is 0 Å². The van der Waals surface area contributed by atoms with E-state index in [2.05, 4.69) is 25.7 Å². The molecule has 0 atom stereocenters. The number of aromatic hydroxyl groups is 1. The Morgan fingerprint density at radius 3 is 2.58 bits per heavy atom. The first-order valence-electron chi connectivity index (χ1n) is 6.80. The molecule has 0 bridgehead atoms. The van der Waals surface area contributed by atoms with Gasteiger partial charge in [0.15, 0.2) is 5.78 Å². The molecular formula is C17H14BrNO5. The Morgan fingerprint density at radius 2 is 1.96 bits per heavy atom. The Labute approximate surface area is 146 Å². The number of phenolic OH excluding ortho intramolecular Hbond substituents is 1. The molecule has 0 radical (unpaired) electrons. The van der Waals surface area contributed by atoms with E-state index in [1.165, 1.54) is 44.6 Å². The number of carbonyl (C=O) groups is 2. The molecule has 0 aliphatic heterocycles. The zero-order chi connectivity index (χ0) is 17.7. The van der Waals surface area contributed by atoms with Gasteiger partial charge >= 0.3 is 5.97 Å². The fraction of sp³-hybridized carbons (Fsp3) is 0.118. The lowest BCUT2D eigenvalue weighted by Crippen LogP contribution is -2.03. The van der Waals surface area contributed by atoms with E-state index in [1.54, 1.807) is 12.1 Å². The molecule has 0 spiro atoms. The molecule has 1 N–H and O–H groups in total.